The number of hydrogen-bond acceptors (Lipinski definition) is 4. The Morgan fingerprint density at radius 1 is 1.36 bits per heavy atom. The Labute approximate surface area is 165 Å². The lowest BCUT2D eigenvalue weighted by Gasteiger charge is -2.21. The molecule has 6 nitrogen and oxygen atoms in total. The first kappa shape index (κ1) is 21.9. The van der Waals surface area contributed by atoms with E-state index in [2.05, 4.69) is 15.6 Å². The van der Waals surface area contributed by atoms with Crippen LogP contribution in [0.5, 0.6) is 5.75 Å². The van der Waals surface area contributed by atoms with Crippen LogP contribution in [0.4, 0.5) is 4.39 Å². The highest BCUT2D eigenvalue weighted by Crippen LogP contribution is 2.29. The molecule has 0 saturated carbocycles. The predicted octanol–water partition coefficient (Wildman–Crippen LogP) is 2.44. The number of guanidine groups is 1. The first-order valence-electron chi connectivity index (χ1n) is 8.27. The van der Waals surface area contributed by atoms with Crippen molar-refractivity contribution in [1.82, 2.24) is 10.6 Å². The third-order valence-corrected chi connectivity index (χ3v) is 3.56. The van der Waals surface area contributed by atoms with Crippen LogP contribution >= 0.6 is 24.0 Å². The predicted molar refractivity (Wildman–Crippen MR) is 106 cm³/mol. The van der Waals surface area contributed by atoms with Gasteiger partial charge in [-0.1, -0.05) is 0 Å². The van der Waals surface area contributed by atoms with E-state index in [1.54, 1.807) is 7.11 Å². The molecule has 8 heteroatoms. The standard InChI is InChI=1S/C17H26FN3O3.HI/c1-3-19-17(20-6-4-8-22-2)21-7-5-13-9-15(18)10-14-11-23-12-24-16(13)14;/h9-10H,3-8,11-12H2,1-2H3,(H2,19,20,21);1H. The first-order chi connectivity index (χ1) is 11.7. The van der Waals surface area contributed by atoms with Gasteiger partial charge in [-0.2, -0.15) is 0 Å². The number of methoxy groups -OCH3 is 1. The lowest BCUT2D eigenvalue weighted by atomic mass is 10.1. The minimum absolute atomic E-state index is 0. The number of nitrogens with one attached hydrogen (secondary N) is 2. The molecular weight excluding hydrogens is 440 g/mol. The van der Waals surface area contributed by atoms with Gasteiger partial charge in [0.1, 0.15) is 11.6 Å². The monoisotopic (exact) mass is 467 g/mol. The van der Waals surface area contributed by atoms with Crippen molar-refractivity contribution in [2.75, 3.05) is 40.1 Å². The normalized spacial score (nSPS) is 13.5. The number of fused-ring (bicyclic) bond motifs is 1. The van der Waals surface area contributed by atoms with Crippen molar-refractivity contribution in [1.29, 1.82) is 0 Å². The summed E-state index contributed by atoms with van der Waals surface area (Å²) < 4.78 is 29.5. The lowest BCUT2D eigenvalue weighted by molar-refractivity contribution is -0.0172. The van der Waals surface area contributed by atoms with Crippen LogP contribution in [0.25, 0.3) is 0 Å². The molecule has 1 aromatic carbocycles. The molecular formula is C17H27FIN3O3. The quantitative estimate of drug-likeness (QED) is 0.266. The zero-order chi connectivity index (χ0) is 17.2. The van der Waals surface area contributed by atoms with Gasteiger partial charge in [0.25, 0.3) is 0 Å². The maximum atomic E-state index is 13.7. The number of nitrogens with zero attached hydrogens (tertiary/aromatic N) is 1. The molecule has 0 saturated heterocycles. The van der Waals surface area contributed by atoms with Crippen LogP contribution in [0.2, 0.25) is 0 Å². The van der Waals surface area contributed by atoms with E-state index in [4.69, 9.17) is 14.2 Å². The molecule has 0 aliphatic carbocycles. The molecule has 1 aromatic rings. The maximum absolute atomic E-state index is 13.7. The first-order valence-corrected chi connectivity index (χ1v) is 8.27. The van der Waals surface area contributed by atoms with Crippen molar-refractivity contribution in [3.8, 4) is 5.75 Å². The van der Waals surface area contributed by atoms with E-state index in [1.807, 2.05) is 6.92 Å². The molecule has 0 unspecified atom stereocenters. The van der Waals surface area contributed by atoms with Crippen molar-refractivity contribution < 1.29 is 18.6 Å². The summed E-state index contributed by atoms with van der Waals surface area (Å²) in [4.78, 5) is 4.48. The molecule has 0 bridgehead atoms. The third kappa shape index (κ3) is 7.33. The summed E-state index contributed by atoms with van der Waals surface area (Å²) in [5.41, 5.74) is 1.60. The Kier molecular flexibility index (Phi) is 10.7. The van der Waals surface area contributed by atoms with Gasteiger partial charge >= 0.3 is 0 Å². The molecule has 0 spiro atoms. The third-order valence-electron chi connectivity index (χ3n) is 3.56. The van der Waals surface area contributed by atoms with Crippen molar-refractivity contribution in [3.05, 3.63) is 29.1 Å². The van der Waals surface area contributed by atoms with E-state index >= 15 is 0 Å². The number of aliphatic imine (C=N–C) groups is 1. The van der Waals surface area contributed by atoms with Crippen LogP contribution < -0.4 is 15.4 Å². The van der Waals surface area contributed by atoms with Gasteiger partial charge < -0.3 is 24.8 Å². The van der Waals surface area contributed by atoms with Gasteiger partial charge in [0.05, 0.1) is 6.61 Å². The summed E-state index contributed by atoms with van der Waals surface area (Å²) in [6.45, 7) is 5.42. The van der Waals surface area contributed by atoms with Crippen LogP contribution in [0.1, 0.15) is 24.5 Å². The largest absolute Gasteiger partial charge is 0.467 e. The van der Waals surface area contributed by atoms with Crippen molar-refractivity contribution >= 4 is 29.9 Å². The second kappa shape index (κ2) is 12.3. The topological polar surface area (TPSA) is 64.1 Å². The highest BCUT2D eigenvalue weighted by atomic mass is 127. The fourth-order valence-electron chi connectivity index (χ4n) is 2.50. The van der Waals surface area contributed by atoms with E-state index in [0.717, 1.165) is 35.8 Å². The smallest absolute Gasteiger partial charge is 0.191 e. The molecule has 0 radical (unpaired) electrons. The van der Waals surface area contributed by atoms with E-state index < -0.39 is 0 Å². The van der Waals surface area contributed by atoms with Gasteiger partial charge in [0.15, 0.2) is 12.8 Å². The highest BCUT2D eigenvalue weighted by molar-refractivity contribution is 14.0. The Balaban J connectivity index is 0.00000312. The molecule has 0 amide bonds. The number of benzene rings is 1. The highest BCUT2D eigenvalue weighted by Gasteiger charge is 2.16. The zero-order valence-corrected chi connectivity index (χ0v) is 17.1. The van der Waals surface area contributed by atoms with Crippen LogP contribution in [-0.2, 0) is 22.5 Å². The summed E-state index contributed by atoms with van der Waals surface area (Å²) in [7, 11) is 1.68. The average molecular weight is 467 g/mol. The summed E-state index contributed by atoms with van der Waals surface area (Å²) in [5, 5.41) is 6.45. The van der Waals surface area contributed by atoms with Gasteiger partial charge in [-0.15, -0.1) is 24.0 Å². The minimum atomic E-state index is -0.266. The Morgan fingerprint density at radius 2 is 2.20 bits per heavy atom. The molecule has 0 fully saturated rings. The van der Waals surface area contributed by atoms with E-state index in [1.165, 1.54) is 12.1 Å². The van der Waals surface area contributed by atoms with E-state index in [0.29, 0.717) is 32.7 Å². The Morgan fingerprint density at radius 3 is 2.96 bits per heavy atom. The van der Waals surface area contributed by atoms with Gasteiger partial charge in [-0.25, -0.2) is 4.39 Å². The van der Waals surface area contributed by atoms with Crippen LogP contribution in [0, 0.1) is 5.82 Å². The van der Waals surface area contributed by atoms with E-state index in [-0.39, 0.29) is 36.6 Å². The van der Waals surface area contributed by atoms with Gasteiger partial charge in [-0.3, -0.25) is 4.99 Å². The summed E-state index contributed by atoms with van der Waals surface area (Å²) in [5.74, 6) is 1.23. The molecule has 0 atom stereocenters. The molecule has 2 N–H and O–H groups in total. The number of ether oxygens (including phenoxy) is 3. The minimum Gasteiger partial charge on any atom is -0.467 e. The van der Waals surface area contributed by atoms with Gasteiger partial charge in [0, 0.05) is 38.9 Å². The fourth-order valence-corrected chi connectivity index (χ4v) is 2.50. The molecule has 1 aliphatic rings. The van der Waals surface area contributed by atoms with Gasteiger partial charge in [0.2, 0.25) is 0 Å². The second-order valence-electron chi connectivity index (χ2n) is 5.45. The van der Waals surface area contributed by atoms with Crippen molar-refractivity contribution in [2.45, 2.75) is 26.4 Å². The SMILES string of the molecule is CCNC(=NCCCOC)NCCc1cc(F)cc2c1OCOC2.I. The lowest BCUT2D eigenvalue weighted by Crippen LogP contribution is -2.38. The van der Waals surface area contributed by atoms with Gasteiger partial charge in [-0.05, 0) is 37.5 Å². The maximum Gasteiger partial charge on any atom is 0.191 e. The number of halogens is 2. The fraction of sp³-hybridized carbons (Fsp3) is 0.588. The van der Waals surface area contributed by atoms with Crippen LogP contribution in [0.15, 0.2) is 17.1 Å². The Hall–Kier alpha value is -1.13. The summed E-state index contributed by atoms with van der Waals surface area (Å²) >= 11 is 0. The molecule has 2 rings (SSSR count). The van der Waals surface area contributed by atoms with E-state index in [9.17, 15) is 4.39 Å². The molecule has 25 heavy (non-hydrogen) atoms. The van der Waals surface area contributed by atoms with Crippen LogP contribution in [-0.4, -0.2) is 46.1 Å². The Bertz CT molecular complexity index is 558. The number of hydrogen-bond donors (Lipinski definition) is 2. The summed E-state index contributed by atoms with van der Waals surface area (Å²) in [6.07, 6.45) is 1.51. The second-order valence-corrected chi connectivity index (χ2v) is 5.45. The van der Waals surface area contributed by atoms with Crippen molar-refractivity contribution in [2.24, 2.45) is 4.99 Å². The van der Waals surface area contributed by atoms with Crippen LogP contribution in [0.3, 0.4) is 0 Å². The van der Waals surface area contributed by atoms with Crippen molar-refractivity contribution in [3.63, 3.8) is 0 Å². The molecule has 1 aliphatic heterocycles. The zero-order valence-electron chi connectivity index (χ0n) is 14.8. The average Bonchev–Trinajstić information content (AvgIpc) is 2.58. The molecule has 0 aromatic heterocycles. The summed E-state index contributed by atoms with van der Waals surface area (Å²) in [6, 6.07) is 2.99. The molecule has 142 valence electrons. The molecule has 1 heterocycles. The number of rotatable bonds is 8.